The Morgan fingerprint density at radius 2 is 2.26 bits per heavy atom. The molecular weight excluding hydrogens is 254 g/mol. The second-order valence-corrected chi connectivity index (χ2v) is 7.37. The lowest BCUT2D eigenvalue weighted by Crippen LogP contribution is -2.47. The van der Waals surface area contributed by atoms with Gasteiger partial charge in [-0.25, -0.2) is 4.98 Å². The lowest BCUT2D eigenvalue weighted by atomic mass is 9.81. The van der Waals surface area contributed by atoms with Gasteiger partial charge < -0.3 is 5.32 Å². The molecule has 19 heavy (non-hydrogen) atoms. The van der Waals surface area contributed by atoms with E-state index in [1.54, 1.807) is 11.3 Å². The van der Waals surface area contributed by atoms with Crippen LogP contribution in [0.4, 0.5) is 0 Å². The van der Waals surface area contributed by atoms with Crippen LogP contribution >= 0.6 is 11.3 Å². The monoisotopic (exact) mass is 277 g/mol. The van der Waals surface area contributed by atoms with Crippen LogP contribution in [0.25, 0.3) is 4.96 Å². The van der Waals surface area contributed by atoms with E-state index in [1.807, 2.05) is 0 Å². The van der Waals surface area contributed by atoms with Gasteiger partial charge in [0.05, 0.1) is 5.69 Å². The maximum atomic E-state index is 4.72. The summed E-state index contributed by atoms with van der Waals surface area (Å²) in [5.41, 5.74) is 2.85. The molecule has 1 N–H and O–H groups in total. The summed E-state index contributed by atoms with van der Waals surface area (Å²) in [6.07, 6.45) is 5.90. The smallest absolute Gasteiger partial charge is 0.194 e. The van der Waals surface area contributed by atoms with Crippen molar-refractivity contribution in [3.05, 3.63) is 22.5 Å². The van der Waals surface area contributed by atoms with Gasteiger partial charge in [-0.15, -0.1) is 11.3 Å². The van der Waals surface area contributed by atoms with E-state index >= 15 is 0 Å². The zero-order valence-corrected chi connectivity index (χ0v) is 13.1. The molecule has 3 rings (SSSR count). The highest BCUT2D eigenvalue weighted by Gasteiger charge is 2.37. The van der Waals surface area contributed by atoms with Crippen LogP contribution in [0.1, 0.15) is 43.0 Å². The van der Waals surface area contributed by atoms with Crippen molar-refractivity contribution < 1.29 is 0 Å². The Bertz CT molecular complexity index is 588. The molecule has 3 heterocycles. The first kappa shape index (κ1) is 13.1. The summed E-state index contributed by atoms with van der Waals surface area (Å²) in [5, 5.41) is 3.77. The molecule has 4 heteroatoms. The van der Waals surface area contributed by atoms with E-state index < -0.39 is 0 Å². The van der Waals surface area contributed by atoms with Crippen molar-refractivity contribution in [1.29, 1.82) is 0 Å². The summed E-state index contributed by atoms with van der Waals surface area (Å²) in [7, 11) is 0. The van der Waals surface area contributed by atoms with Crippen LogP contribution in [0, 0.1) is 19.8 Å². The van der Waals surface area contributed by atoms with Gasteiger partial charge in [-0.1, -0.05) is 13.8 Å². The Morgan fingerprint density at radius 3 is 2.89 bits per heavy atom. The molecule has 0 bridgehead atoms. The number of aryl methyl sites for hydroxylation is 2. The number of nitrogens with zero attached hydrogens (tertiary/aromatic N) is 2. The van der Waals surface area contributed by atoms with E-state index in [4.69, 9.17) is 4.98 Å². The Hall–Kier alpha value is -0.870. The van der Waals surface area contributed by atoms with Crippen LogP contribution < -0.4 is 5.32 Å². The summed E-state index contributed by atoms with van der Waals surface area (Å²) < 4.78 is 2.31. The Kier molecular flexibility index (Phi) is 3.18. The predicted molar refractivity (Wildman–Crippen MR) is 81.1 cm³/mol. The van der Waals surface area contributed by atoms with E-state index in [0.717, 1.165) is 17.9 Å². The fraction of sp³-hybridized carbons (Fsp3) is 0.667. The van der Waals surface area contributed by atoms with Gasteiger partial charge in [0.25, 0.3) is 0 Å². The van der Waals surface area contributed by atoms with Crippen molar-refractivity contribution in [3.63, 3.8) is 0 Å². The normalized spacial score (nSPS) is 23.8. The number of nitrogens with one attached hydrogen (secondary N) is 1. The van der Waals surface area contributed by atoms with Gasteiger partial charge in [0.2, 0.25) is 0 Å². The molecule has 1 saturated heterocycles. The molecule has 1 aliphatic rings. The number of rotatable bonds is 3. The summed E-state index contributed by atoms with van der Waals surface area (Å²) in [4.78, 5) is 7.20. The molecule has 3 nitrogen and oxygen atoms in total. The van der Waals surface area contributed by atoms with E-state index in [0.29, 0.717) is 5.92 Å². The minimum atomic E-state index is 0.260. The molecule has 0 aromatic carbocycles. The first-order valence-corrected chi connectivity index (χ1v) is 8.02. The van der Waals surface area contributed by atoms with Gasteiger partial charge in [0.15, 0.2) is 4.96 Å². The average Bonchev–Trinajstić information content (AvgIpc) is 2.99. The molecule has 1 atom stereocenters. The van der Waals surface area contributed by atoms with Gasteiger partial charge in [-0.3, -0.25) is 4.40 Å². The first-order valence-electron chi connectivity index (χ1n) is 7.21. The molecule has 1 unspecified atom stereocenters. The van der Waals surface area contributed by atoms with Crippen LogP contribution in [-0.4, -0.2) is 21.5 Å². The third-order valence-corrected chi connectivity index (χ3v) is 5.50. The van der Waals surface area contributed by atoms with E-state index in [2.05, 4.69) is 43.6 Å². The molecule has 0 radical (unpaired) electrons. The summed E-state index contributed by atoms with van der Waals surface area (Å²) in [6, 6.07) is 0. The van der Waals surface area contributed by atoms with Crippen molar-refractivity contribution in [2.24, 2.45) is 5.92 Å². The van der Waals surface area contributed by atoms with Gasteiger partial charge >= 0.3 is 0 Å². The third kappa shape index (κ3) is 2.11. The number of aromatic nitrogens is 2. The molecule has 1 aliphatic heterocycles. The highest BCUT2D eigenvalue weighted by Crippen LogP contribution is 2.33. The molecule has 0 aliphatic carbocycles. The second-order valence-electron chi connectivity index (χ2n) is 6.16. The van der Waals surface area contributed by atoms with Crippen LogP contribution in [0.15, 0.2) is 6.20 Å². The topological polar surface area (TPSA) is 29.3 Å². The Morgan fingerprint density at radius 1 is 1.47 bits per heavy atom. The zero-order chi connectivity index (χ0) is 13.6. The molecule has 0 spiro atoms. The minimum Gasteiger partial charge on any atom is -0.311 e. The molecule has 104 valence electrons. The third-order valence-electron chi connectivity index (χ3n) is 4.61. The maximum absolute atomic E-state index is 4.72. The summed E-state index contributed by atoms with van der Waals surface area (Å²) in [6.45, 7) is 10.1. The van der Waals surface area contributed by atoms with Crippen LogP contribution in [0.2, 0.25) is 0 Å². The minimum absolute atomic E-state index is 0.260. The van der Waals surface area contributed by atoms with Gasteiger partial charge in [0.1, 0.15) is 0 Å². The first-order chi connectivity index (χ1) is 9.02. The van der Waals surface area contributed by atoms with Crippen molar-refractivity contribution in [2.75, 3.05) is 6.54 Å². The molecule has 2 aromatic rings. The molecule has 0 saturated carbocycles. The molecular formula is C15H23N3S. The summed E-state index contributed by atoms with van der Waals surface area (Å²) >= 11 is 1.78. The van der Waals surface area contributed by atoms with Crippen LogP contribution in [-0.2, 0) is 6.42 Å². The predicted octanol–water partition coefficient (Wildman–Crippen LogP) is 3.33. The molecule has 2 aromatic heterocycles. The number of hydrogen-bond donors (Lipinski definition) is 1. The lowest BCUT2D eigenvalue weighted by molar-refractivity contribution is 0.266. The fourth-order valence-electron chi connectivity index (χ4n) is 3.30. The van der Waals surface area contributed by atoms with E-state index in [1.165, 1.54) is 29.1 Å². The number of fused-ring (bicyclic) bond motifs is 1. The number of thiazole rings is 1. The van der Waals surface area contributed by atoms with Gasteiger partial charge in [-0.2, -0.15) is 0 Å². The van der Waals surface area contributed by atoms with Crippen LogP contribution in [0.3, 0.4) is 0 Å². The second kappa shape index (κ2) is 4.60. The number of imidazole rings is 1. The standard InChI is InChI=1S/C15H23N3S/c1-10(2)15(6-5-7-16-15)8-13-12(4)17-14-18(13)9-11(3)19-14/h9-10,16H,5-8H2,1-4H3. The summed E-state index contributed by atoms with van der Waals surface area (Å²) in [5.74, 6) is 0.652. The average molecular weight is 277 g/mol. The van der Waals surface area contributed by atoms with Crippen molar-refractivity contribution in [1.82, 2.24) is 14.7 Å². The Balaban J connectivity index is 2.02. The van der Waals surface area contributed by atoms with E-state index in [9.17, 15) is 0 Å². The van der Waals surface area contributed by atoms with Crippen LogP contribution in [0.5, 0.6) is 0 Å². The molecule has 1 fully saturated rings. The largest absolute Gasteiger partial charge is 0.311 e. The SMILES string of the molecule is Cc1cn2c(CC3(C(C)C)CCCN3)c(C)nc2s1. The Labute approximate surface area is 119 Å². The number of hydrogen-bond acceptors (Lipinski definition) is 3. The highest BCUT2D eigenvalue weighted by atomic mass is 32.1. The van der Waals surface area contributed by atoms with Gasteiger partial charge in [-0.05, 0) is 39.2 Å². The zero-order valence-electron chi connectivity index (χ0n) is 12.3. The van der Waals surface area contributed by atoms with E-state index in [-0.39, 0.29) is 5.54 Å². The lowest BCUT2D eigenvalue weighted by Gasteiger charge is -2.34. The van der Waals surface area contributed by atoms with Crippen molar-refractivity contribution >= 4 is 16.3 Å². The molecule has 0 amide bonds. The highest BCUT2D eigenvalue weighted by molar-refractivity contribution is 7.17. The van der Waals surface area contributed by atoms with Gasteiger partial charge in [0, 0.05) is 28.7 Å². The van der Waals surface area contributed by atoms with Crippen molar-refractivity contribution in [2.45, 2.75) is 52.5 Å². The maximum Gasteiger partial charge on any atom is 0.194 e. The van der Waals surface area contributed by atoms with Crippen molar-refractivity contribution in [3.8, 4) is 0 Å². The quantitative estimate of drug-likeness (QED) is 0.932. The fourth-order valence-corrected chi connectivity index (χ4v) is 4.19.